The van der Waals surface area contributed by atoms with Crippen molar-refractivity contribution in [2.75, 3.05) is 0 Å². The highest BCUT2D eigenvalue weighted by molar-refractivity contribution is 6.15. The van der Waals surface area contributed by atoms with Gasteiger partial charge in [0, 0.05) is 6.07 Å². The molecule has 0 unspecified atom stereocenters. The number of benzene rings is 6. The Morgan fingerprint density at radius 2 is 1.44 bits per heavy atom. The summed E-state index contributed by atoms with van der Waals surface area (Å²) in [5.74, 6) is -0.756. The van der Waals surface area contributed by atoms with Crippen molar-refractivity contribution in [1.82, 2.24) is 0 Å². The van der Waals surface area contributed by atoms with Gasteiger partial charge in [0.2, 0.25) is 11.0 Å². The van der Waals surface area contributed by atoms with Crippen molar-refractivity contribution in [2.45, 2.75) is 27.1 Å². The first-order valence-electron chi connectivity index (χ1n) is 17.1. The van der Waals surface area contributed by atoms with E-state index in [0.29, 0.717) is 28.7 Å². The van der Waals surface area contributed by atoms with Crippen LogP contribution >= 0.6 is 0 Å². The molecule has 0 radical (unpaired) electrons. The highest BCUT2D eigenvalue weighted by atomic mass is 16.5. The van der Waals surface area contributed by atoms with Gasteiger partial charge in [-0.15, -0.1) is 0 Å². The van der Waals surface area contributed by atoms with Gasteiger partial charge in [-0.05, 0) is 101 Å². The second-order valence-electron chi connectivity index (χ2n) is 12.9. The summed E-state index contributed by atoms with van der Waals surface area (Å²) in [6, 6.07) is 40.7. The standard InChI is InChI=1S/C46H37NO5/c1-5-32-22-23-36(51-27-31-14-7-6-8-15-31)26-38(32)35-24-39(44-40(25-35)43(45(48)49)37-16-9-10-17-42(37)47(44)4)33-18-20-34(21-19-33)46(50)52-28-41-29(2)12-11-13-30(41)3/h5-26H,1,27-28H2,2-4H3/p+1. The quantitative estimate of drug-likeness (QED) is 0.0882. The number of fused-ring (bicyclic) bond motifs is 2. The second kappa shape index (κ2) is 14.4. The molecule has 1 N–H and O–H groups in total. The van der Waals surface area contributed by atoms with Gasteiger partial charge < -0.3 is 14.6 Å². The molecule has 52 heavy (non-hydrogen) atoms. The summed E-state index contributed by atoms with van der Waals surface area (Å²) in [5, 5.41) is 11.9. The number of hydrogen-bond donors (Lipinski definition) is 1. The fraction of sp³-hybridized carbons (Fsp3) is 0.109. The van der Waals surface area contributed by atoms with Crippen LogP contribution in [0, 0.1) is 13.8 Å². The first-order valence-corrected chi connectivity index (χ1v) is 17.1. The number of para-hydroxylation sites is 1. The molecule has 0 spiro atoms. The lowest BCUT2D eigenvalue weighted by Crippen LogP contribution is -2.32. The molecule has 6 nitrogen and oxygen atoms in total. The van der Waals surface area contributed by atoms with E-state index in [1.807, 2.05) is 135 Å². The number of aryl methyl sites for hydroxylation is 3. The Kier molecular flexibility index (Phi) is 9.38. The molecule has 1 heterocycles. The van der Waals surface area contributed by atoms with Crippen molar-refractivity contribution in [1.29, 1.82) is 0 Å². The number of carboxylic acid groups (broad SMARTS) is 1. The average Bonchev–Trinajstić information content (AvgIpc) is 3.16. The highest BCUT2D eigenvalue weighted by Gasteiger charge is 2.26. The molecular formula is C46H38NO5+. The largest absolute Gasteiger partial charge is 0.489 e. The minimum Gasteiger partial charge on any atom is -0.489 e. The molecule has 0 atom stereocenters. The lowest BCUT2D eigenvalue weighted by molar-refractivity contribution is -0.617. The average molecular weight is 685 g/mol. The van der Waals surface area contributed by atoms with Gasteiger partial charge in [0.15, 0.2) is 0 Å². The lowest BCUT2D eigenvalue weighted by Gasteiger charge is -2.16. The van der Waals surface area contributed by atoms with Gasteiger partial charge >= 0.3 is 11.9 Å². The van der Waals surface area contributed by atoms with E-state index in [-0.39, 0.29) is 12.2 Å². The highest BCUT2D eigenvalue weighted by Crippen LogP contribution is 2.39. The van der Waals surface area contributed by atoms with Crippen LogP contribution in [0.5, 0.6) is 5.75 Å². The summed E-state index contributed by atoms with van der Waals surface area (Å²) in [5.41, 5.74) is 10.5. The zero-order valence-corrected chi connectivity index (χ0v) is 29.4. The molecule has 0 aliphatic heterocycles. The predicted molar refractivity (Wildman–Crippen MR) is 206 cm³/mol. The Morgan fingerprint density at radius 1 is 0.731 bits per heavy atom. The summed E-state index contributed by atoms with van der Waals surface area (Å²) in [6.45, 7) is 8.68. The molecule has 256 valence electrons. The normalized spacial score (nSPS) is 11.1. The number of aromatic carboxylic acids is 1. The molecular weight excluding hydrogens is 647 g/mol. The van der Waals surface area contributed by atoms with Crippen molar-refractivity contribution >= 4 is 39.8 Å². The van der Waals surface area contributed by atoms with Gasteiger partial charge in [0.1, 0.15) is 26.0 Å². The van der Waals surface area contributed by atoms with Crippen LogP contribution in [-0.2, 0) is 25.0 Å². The van der Waals surface area contributed by atoms with Crippen molar-refractivity contribution < 1.29 is 28.7 Å². The number of hydrogen-bond acceptors (Lipinski definition) is 4. The summed E-state index contributed by atoms with van der Waals surface area (Å²) < 4.78 is 14.0. The Balaban J connectivity index is 1.36. The monoisotopic (exact) mass is 684 g/mol. The van der Waals surface area contributed by atoms with E-state index in [4.69, 9.17) is 9.47 Å². The molecule has 0 bridgehead atoms. The molecule has 1 aromatic heterocycles. The fourth-order valence-corrected chi connectivity index (χ4v) is 6.91. The van der Waals surface area contributed by atoms with E-state index in [1.165, 1.54) is 0 Å². The van der Waals surface area contributed by atoms with Crippen LogP contribution < -0.4 is 9.30 Å². The molecule has 0 aliphatic carbocycles. The number of carboxylic acids is 1. The predicted octanol–water partition coefficient (Wildman–Crippen LogP) is 10.0. The molecule has 0 fully saturated rings. The third-order valence-electron chi connectivity index (χ3n) is 9.69. The summed E-state index contributed by atoms with van der Waals surface area (Å²) in [4.78, 5) is 26.3. The van der Waals surface area contributed by atoms with E-state index in [0.717, 1.165) is 61.1 Å². The number of rotatable bonds is 10. The zero-order valence-electron chi connectivity index (χ0n) is 29.4. The SMILES string of the molecule is C=Cc1ccc(OCc2ccccc2)cc1-c1cc(-c2ccc(C(=O)OCc3c(C)cccc3C)cc2)c2c(c1)c(C(=O)O)c1ccccc1[n+]2C. The number of esters is 1. The van der Waals surface area contributed by atoms with Crippen molar-refractivity contribution in [3.8, 4) is 28.0 Å². The fourth-order valence-electron chi connectivity index (χ4n) is 6.91. The maximum atomic E-state index is 13.2. The Morgan fingerprint density at radius 3 is 2.15 bits per heavy atom. The number of pyridine rings is 1. The van der Waals surface area contributed by atoms with Gasteiger partial charge in [-0.2, -0.15) is 4.57 Å². The van der Waals surface area contributed by atoms with Crippen LogP contribution in [0.15, 0.2) is 134 Å². The summed E-state index contributed by atoms with van der Waals surface area (Å²) >= 11 is 0. The number of nitrogens with zero attached hydrogens (tertiary/aromatic N) is 1. The van der Waals surface area contributed by atoms with Gasteiger partial charge in [-0.3, -0.25) is 0 Å². The number of carbonyl (C=O) groups excluding carboxylic acids is 1. The zero-order chi connectivity index (χ0) is 36.4. The smallest absolute Gasteiger partial charge is 0.338 e. The van der Waals surface area contributed by atoms with E-state index >= 15 is 0 Å². The van der Waals surface area contributed by atoms with Crippen LogP contribution in [0.2, 0.25) is 0 Å². The Bertz CT molecular complexity index is 2480. The van der Waals surface area contributed by atoms with Gasteiger partial charge in [0.25, 0.3) is 0 Å². The maximum absolute atomic E-state index is 13.2. The van der Waals surface area contributed by atoms with Crippen LogP contribution in [-0.4, -0.2) is 17.0 Å². The molecule has 0 amide bonds. The molecule has 0 saturated carbocycles. The van der Waals surface area contributed by atoms with Crippen molar-refractivity contribution in [2.24, 2.45) is 7.05 Å². The van der Waals surface area contributed by atoms with E-state index in [9.17, 15) is 14.7 Å². The lowest BCUT2D eigenvalue weighted by atomic mass is 9.90. The third-order valence-corrected chi connectivity index (χ3v) is 9.69. The van der Waals surface area contributed by atoms with Crippen LogP contribution in [0.1, 0.15) is 48.5 Å². The summed E-state index contributed by atoms with van der Waals surface area (Å²) in [7, 11) is 1.95. The van der Waals surface area contributed by atoms with Crippen LogP contribution in [0.25, 0.3) is 50.1 Å². The van der Waals surface area contributed by atoms with Crippen molar-refractivity contribution in [3.63, 3.8) is 0 Å². The van der Waals surface area contributed by atoms with Crippen molar-refractivity contribution in [3.05, 3.63) is 173 Å². The van der Waals surface area contributed by atoms with Crippen LogP contribution in [0.3, 0.4) is 0 Å². The van der Waals surface area contributed by atoms with Gasteiger partial charge in [0.05, 0.1) is 27.5 Å². The van der Waals surface area contributed by atoms with E-state index < -0.39 is 11.9 Å². The molecule has 6 aromatic carbocycles. The van der Waals surface area contributed by atoms with E-state index in [1.54, 1.807) is 18.2 Å². The Hall–Kier alpha value is -6.53. The van der Waals surface area contributed by atoms with Gasteiger partial charge in [-0.1, -0.05) is 91.5 Å². The maximum Gasteiger partial charge on any atom is 0.338 e. The summed E-state index contributed by atoms with van der Waals surface area (Å²) in [6.07, 6.45) is 1.79. The first-order chi connectivity index (χ1) is 25.2. The molecule has 6 heteroatoms. The minimum absolute atomic E-state index is 0.187. The number of ether oxygens (including phenoxy) is 2. The molecule has 7 aromatic rings. The van der Waals surface area contributed by atoms with E-state index in [2.05, 4.69) is 12.6 Å². The molecule has 0 aliphatic rings. The minimum atomic E-state index is -1.02. The number of carbonyl (C=O) groups is 2. The molecule has 7 rings (SSSR count). The topological polar surface area (TPSA) is 76.7 Å². The third kappa shape index (κ3) is 6.54. The van der Waals surface area contributed by atoms with Gasteiger partial charge in [-0.25, -0.2) is 9.59 Å². The second-order valence-corrected chi connectivity index (χ2v) is 12.9. The molecule has 0 saturated heterocycles. The Labute approximate surface area is 302 Å². The first kappa shape index (κ1) is 33.9. The van der Waals surface area contributed by atoms with Crippen LogP contribution in [0.4, 0.5) is 0 Å². The number of aromatic nitrogens is 1.